The lowest BCUT2D eigenvalue weighted by molar-refractivity contribution is -0.384. The SMILES string of the molecule is CC(C)(C)OC(=O)[C@@H](CCCOS(=O)(=O)c1cccc2ccc([N+](=O)[O-])cc12)C[C@H](NC(c1ccccc1)(c1ccccc1)c1ccccc1)C(=O)OC(C)(C)C. The molecular weight excluding hydrogens is 745 g/mol. The number of nitrogens with one attached hydrogen (secondary N) is 1. The van der Waals surface area contributed by atoms with E-state index in [2.05, 4.69) is 5.32 Å². The molecule has 0 spiro atoms. The van der Waals surface area contributed by atoms with Crippen molar-refractivity contribution < 1.29 is 36.6 Å². The van der Waals surface area contributed by atoms with Crippen LogP contribution < -0.4 is 5.32 Å². The molecule has 0 aliphatic carbocycles. The van der Waals surface area contributed by atoms with Crippen LogP contribution in [0.4, 0.5) is 5.69 Å². The highest BCUT2D eigenvalue weighted by Gasteiger charge is 2.42. The molecule has 0 amide bonds. The first-order chi connectivity index (χ1) is 26.9. The number of carbonyl (C=O) groups excluding carboxylic acids is 2. The summed E-state index contributed by atoms with van der Waals surface area (Å²) >= 11 is 0. The Kier molecular flexibility index (Phi) is 13.3. The van der Waals surface area contributed by atoms with Crippen molar-refractivity contribution in [3.63, 3.8) is 0 Å². The fraction of sp³-hybridized carbons (Fsp3) is 0.333. The summed E-state index contributed by atoms with van der Waals surface area (Å²) in [6.07, 6.45) is 0.134. The van der Waals surface area contributed by atoms with Gasteiger partial charge in [0, 0.05) is 17.5 Å². The van der Waals surface area contributed by atoms with E-state index in [1.807, 2.05) is 91.0 Å². The van der Waals surface area contributed by atoms with Crippen LogP contribution in [0.3, 0.4) is 0 Å². The van der Waals surface area contributed by atoms with Gasteiger partial charge in [-0.15, -0.1) is 0 Å². The topological polar surface area (TPSA) is 151 Å². The number of nitro benzene ring substituents is 1. The molecule has 0 fully saturated rings. The molecule has 0 aliphatic rings. The minimum absolute atomic E-state index is 0.0577. The van der Waals surface area contributed by atoms with Gasteiger partial charge in [-0.1, -0.05) is 103 Å². The Hall–Kier alpha value is -5.43. The van der Waals surface area contributed by atoms with Crippen molar-refractivity contribution in [2.75, 3.05) is 6.61 Å². The number of hydrogen-bond acceptors (Lipinski definition) is 10. The number of hydrogen-bond donors (Lipinski definition) is 1. The van der Waals surface area contributed by atoms with Crippen molar-refractivity contribution in [2.24, 2.45) is 5.92 Å². The normalized spacial score (nSPS) is 13.4. The highest BCUT2D eigenvalue weighted by Crippen LogP contribution is 2.38. The molecule has 300 valence electrons. The van der Waals surface area contributed by atoms with Crippen molar-refractivity contribution in [3.05, 3.63) is 154 Å². The Morgan fingerprint density at radius 2 is 1.21 bits per heavy atom. The first-order valence-corrected chi connectivity index (χ1v) is 20.3. The Balaban J connectivity index is 1.50. The van der Waals surface area contributed by atoms with E-state index in [1.54, 1.807) is 47.6 Å². The summed E-state index contributed by atoms with van der Waals surface area (Å²) in [6, 6.07) is 36.7. The largest absolute Gasteiger partial charge is 0.460 e. The van der Waals surface area contributed by atoms with Crippen LogP contribution in [0.5, 0.6) is 0 Å². The molecule has 5 aromatic carbocycles. The second kappa shape index (κ2) is 17.8. The molecule has 5 aromatic rings. The van der Waals surface area contributed by atoms with Gasteiger partial charge < -0.3 is 9.47 Å². The Morgan fingerprint density at radius 3 is 1.70 bits per heavy atom. The molecular formula is C45H50N2O9S. The standard InChI is InChI=1S/C45H50N2O9S/c1-43(2,3)55-41(48)33(19-17-29-54-57(52,53)40-26-16-18-32-27-28-37(47(50)51)31-38(32)40)30-39(42(49)56-44(4,5)6)46-45(34-20-10-7-11-21-34,35-22-12-8-13-23-35)36-24-14-9-15-25-36/h7-16,18,20-28,31,33,39,46H,17,19,29-30H2,1-6H3/t33-,39-/m0/s1. The lowest BCUT2D eigenvalue weighted by atomic mass is 9.76. The molecule has 5 rings (SSSR count). The Bertz CT molecular complexity index is 2170. The molecule has 57 heavy (non-hydrogen) atoms. The zero-order valence-electron chi connectivity index (χ0n) is 33.1. The van der Waals surface area contributed by atoms with Gasteiger partial charge in [0.1, 0.15) is 22.1 Å². The molecule has 11 nitrogen and oxygen atoms in total. The Labute approximate surface area is 334 Å². The lowest BCUT2D eigenvalue weighted by Crippen LogP contribution is -2.54. The maximum absolute atomic E-state index is 14.4. The van der Waals surface area contributed by atoms with Gasteiger partial charge in [-0.3, -0.25) is 29.2 Å². The van der Waals surface area contributed by atoms with Crippen molar-refractivity contribution in [1.29, 1.82) is 0 Å². The number of rotatable bonds is 16. The molecule has 0 aliphatic heterocycles. The van der Waals surface area contributed by atoms with Gasteiger partial charge in [0.25, 0.3) is 15.8 Å². The first-order valence-electron chi connectivity index (χ1n) is 18.9. The van der Waals surface area contributed by atoms with Crippen LogP contribution in [0.2, 0.25) is 0 Å². The van der Waals surface area contributed by atoms with Crippen LogP contribution in [0.15, 0.2) is 132 Å². The van der Waals surface area contributed by atoms with E-state index in [9.17, 15) is 28.1 Å². The fourth-order valence-corrected chi connectivity index (χ4v) is 7.95. The molecule has 0 bridgehead atoms. The number of carbonyl (C=O) groups is 2. The van der Waals surface area contributed by atoms with E-state index >= 15 is 0 Å². The van der Waals surface area contributed by atoms with Crippen LogP contribution in [0.25, 0.3) is 10.8 Å². The third-order valence-electron chi connectivity index (χ3n) is 9.20. The van der Waals surface area contributed by atoms with Crippen LogP contribution >= 0.6 is 0 Å². The van der Waals surface area contributed by atoms with Crippen molar-refractivity contribution in [2.45, 2.75) is 88.5 Å². The lowest BCUT2D eigenvalue weighted by Gasteiger charge is -2.40. The van der Waals surface area contributed by atoms with E-state index in [0.717, 1.165) is 16.7 Å². The summed E-state index contributed by atoms with van der Waals surface area (Å²) < 4.78 is 44.4. The first kappa shape index (κ1) is 42.7. The smallest absolute Gasteiger partial charge is 0.323 e. The number of nitrogens with zero attached hydrogens (tertiary/aromatic N) is 1. The maximum atomic E-state index is 14.4. The monoisotopic (exact) mass is 794 g/mol. The van der Waals surface area contributed by atoms with Crippen LogP contribution in [0.1, 0.15) is 77.5 Å². The van der Waals surface area contributed by atoms with Crippen molar-refractivity contribution >= 4 is 38.5 Å². The zero-order valence-corrected chi connectivity index (χ0v) is 34.0. The predicted octanol–water partition coefficient (Wildman–Crippen LogP) is 8.87. The molecule has 0 saturated carbocycles. The van der Waals surface area contributed by atoms with Gasteiger partial charge in [-0.05, 0) is 95.0 Å². The average Bonchev–Trinajstić information content (AvgIpc) is 3.16. The van der Waals surface area contributed by atoms with E-state index < -0.39 is 55.7 Å². The predicted molar refractivity (Wildman–Crippen MR) is 219 cm³/mol. The zero-order chi connectivity index (χ0) is 41.4. The fourth-order valence-electron chi connectivity index (χ4n) is 6.79. The van der Waals surface area contributed by atoms with E-state index in [-0.39, 0.29) is 41.8 Å². The summed E-state index contributed by atoms with van der Waals surface area (Å²) in [5.41, 5.74) is -0.518. The Morgan fingerprint density at radius 1 is 0.702 bits per heavy atom. The summed E-state index contributed by atoms with van der Waals surface area (Å²) in [5.74, 6) is -2.04. The van der Waals surface area contributed by atoms with Gasteiger partial charge in [-0.25, -0.2) is 0 Å². The van der Waals surface area contributed by atoms with Crippen LogP contribution in [-0.2, 0) is 38.9 Å². The van der Waals surface area contributed by atoms with Gasteiger partial charge in [-0.2, -0.15) is 8.42 Å². The number of nitro groups is 1. The second-order valence-electron chi connectivity index (χ2n) is 15.9. The molecule has 1 N–H and O–H groups in total. The molecule has 0 unspecified atom stereocenters. The van der Waals surface area contributed by atoms with Crippen LogP contribution in [-0.4, -0.2) is 49.1 Å². The minimum atomic E-state index is -4.37. The van der Waals surface area contributed by atoms with Gasteiger partial charge in [0.15, 0.2) is 0 Å². The molecule has 0 heterocycles. The number of benzene rings is 5. The third-order valence-corrected chi connectivity index (χ3v) is 10.6. The number of fused-ring (bicyclic) bond motifs is 1. The van der Waals surface area contributed by atoms with E-state index in [0.29, 0.717) is 5.39 Å². The molecule has 0 aromatic heterocycles. The van der Waals surface area contributed by atoms with E-state index in [4.69, 9.17) is 13.7 Å². The second-order valence-corrected chi connectivity index (χ2v) is 17.5. The molecule has 0 radical (unpaired) electrons. The summed E-state index contributed by atoms with van der Waals surface area (Å²) in [5, 5.41) is 15.8. The van der Waals surface area contributed by atoms with Crippen LogP contribution in [0, 0.1) is 16.0 Å². The summed E-state index contributed by atoms with van der Waals surface area (Å²) in [7, 11) is -4.37. The molecule has 12 heteroatoms. The maximum Gasteiger partial charge on any atom is 0.323 e. The number of ether oxygens (including phenoxy) is 2. The third kappa shape index (κ3) is 10.9. The van der Waals surface area contributed by atoms with Gasteiger partial charge in [0.2, 0.25) is 0 Å². The average molecular weight is 795 g/mol. The highest BCUT2D eigenvalue weighted by atomic mass is 32.2. The summed E-state index contributed by atoms with van der Waals surface area (Å²) in [4.78, 5) is 39.0. The number of non-ortho nitro benzene ring substituents is 1. The van der Waals surface area contributed by atoms with E-state index in [1.165, 1.54) is 30.3 Å². The summed E-state index contributed by atoms with van der Waals surface area (Å²) in [6.45, 7) is 10.3. The number of esters is 2. The van der Waals surface area contributed by atoms with Crippen molar-refractivity contribution in [1.82, 2.24) is 5.32 Å². The minimum Gasteiger partial charge on any atom is -0.460 e. The van der Waals surface area contributed by atoms with Gasteiger partial charge >= 0.3 is 11.9 Å². The van der Waals surface area contributed by atoms with Crippen molar-refractivity contribution in [3.8, 4) is 0 Å². The quantitative estimate of drug-likeness (QED) is 0.0256. The highest BCUT2D eigenvalue weighted by molar-refractivity contribution is 7.87. The van der Waals surface area contributed by atoms with Gasteiger partial charge in [0.05, 0.1) is 23.0 Å². The molecule has 0 saturated heterocycles. The molecule has 2 atom stereocenters.